The van der Waals surface area contributed by atoms with Crippen LogP contribution in [0.4, 0.5) is 0 Å². The van der Waals surface area contributed by atoms with Gasteiger partial charge in [-0.1, -0.05) is 7.43 Å². The van der Waals surface area contributed by atoms with E-state index in [0.29, 0.717) is 6.01 Å². The van der Waals surface area contributed by atoms with E-state index >= 15 is 0 Å². The van der Waals surface area contributed by atoms with Crippen LogP contribution in [0.15, 0.2) is 12.4 Å². The number of rotatable bonds is 1. The minimum absolute atomic E-state index is 0. The summed E-state index contributed by atoms with van der Waals surface area (Å²) in [5, 5.41) is 0. The molecule has 0 saturated carbocycles. The summed E-state index contributed by atoms with van der Waals surface area (Å²) in [6.45, 7) is 1.93. The van der Waals surface area contributed by atoms with Crippen LogP contribution in [0.25, 0.3) is 0 Å². The average Bonchev–Trinajstić information content (AvgIpc) is 1.90. The van der Waals surface area contributed by atoms with E-state index in [1.54, 1.807) is 19.5 Å². The van der Waals surface area contributed by atoms with E-state index in [9.17, 15) is 0 Å². The van der Waals surface area contributed by atoms with Gasteiger partial charge in [-0.25, -0.2) is 9.97 Å². The number of nitrogens with zero attached hydrogens (tertiary/aromatic N) is 2. The van der Waals surface area contributed by atoms with Gasteiger partial charge in [0.1, 0.15) is 0 Å². The molecule has 0 spiro atoms. The summed E-state index contributed by atoms with van der Waals surface area (Å²) in [4.78, 5) is 7.73. The number of aryl methyl sites for hydroxylation is 1. The Hall–Kier alpha value is -1.12. The first-order valence-electron chi connectivity index (χ1n) is 2.65. The third-order valence-electron chi connectivity index (χ3n) is 0.940. The van der Waals surface area contributed by atoms with Gasteiger partial charge in [-0.2, -0.15) is 0 Å². The summed E-state index contributed by atoms with van der Waals surface area (Å²) in [5.74, 6) is 0. The maximum atomic E-state index is 4.75. The molecule has 0 saturated heterocycles. The van der Waals surface area contributed by atoms with Crippen LogP contribution in [-0.2, 0) is 0 Å². The predicted octanol–water partition coefficient (Wildman–Crippen LogP) is 1.43. The van der Waals surface area contributed by atoms with E-state index in [0.717, 1.165) is 5.56 Å². The number of aromatic nitrogens is 2. The minimum atomic E-state index is 0. The van der Waals surface area contributed by atoms with Gasteiger partial charge in [0.15, 0.2) is 0 Å². The summed E-state index contributed by atoms with van der Waals surface area (Å²) >= 11 is 0. The van der Waals surface area contributed by atoms with Crippen LogP contribution in [0.2, 0.25) is 0 Å². The fraction of sp³-hybridized carbons (Fsp3) is 0.429. The second-order valence-electron chi connectivity index (χ2n) is 1.75. The molecule has 0 atom stereocenters. The summed E-state index contributed by atoms with van der Waals surface area (Å²) in [7, 11) is 1.55. The highest BCUT2D eigenvalue weighted by Gasteiger charge is 1.89. The Bertz CT molecular complexity index is 183. The Balaban J connectivity index is 0.000000810. The Morgan fingerprint density at radius 1 is 1.30 bits per heavy atom. The van der Waals surface area contributed by atoms with Gasteiger partial charge in [0.25, 0.3) is 0 Å². The Labute approximate surface area is 61.1 Å². The number of methoxy groups -OCH3 is 1. The minimum Gasteiger partial charge on any atom is -0.467 e. The zero-order valence-corrected chi connectivity index (χ0v) is 5.46. The molecular formula is C7H12N2O. The van der Waals surface area contributed by atoms with Crippen molar-refractivity contribution in [3.05, 3.63) is 18.0 Å². The maximum absolute atomic E-state index is 4.75. The molecule has 1 heterocycles. The van der Waals surface area contributed by atoms with Crippen LogP contribution < -0.4 is 4.74 Å². The molecule has 0 aliphatic carbocycles. The quantitative estimate of drug-likeness (QED) is 0.592. The summed E-state index contributed by atoms with van der Waals surface area (Å²) in [6, 6.07) is 0.417. The van der Waals surface area contributed by atoms with Gasteiger partial charge < -0.3 is 4.74 Å². The van der Waals surface area contributed by atoms with Crippen molar-refractivity contribution in [1.29, 1.82) is 0 Å². The molecule has 0 amide bonds. The van der Waals surface area contributed by atoms with Crippen LogP contribution in [0.5, 0.6) is 6.01 Å². The molecule has 0 bridgehead atoms. The topological polar surface area (TPSA) is 35.0 Å². The fourth-order valence-electron chi connectivity index (χ4n) is 0.486. The highest BCUT2D eigenvalue weighted by molar-refractivity contribution is 5.04. The van der Waals surface area contributed by atoms with E-state index in [1.165, 1.54) is 0 Å². The molecular weight excluding hydrogens is 128 g/mol. The van der Waals surface area contributed by atoms with Crippen molar-refractivity contribution >= 4 is 0 Å². The van der Waals surface area contributed by atoms with Crippen LogP contribution >= 0.6 is 0 Å². The molecule has 3 heteroatoms. The molecule has 0 aromatic carbocycles. The standard InChI is InChI=1S/C6H8N2O.CH4/c1-5-3-7-6(9-2)8-4-5;/h3-4H,1-2H3;1H4. The van der Waals surface area contributed by atoms with Gasteiger partial charge in [-0.3, -0.25) is 0 Å². The van der Waals surface area contributed by atoms with E-state index in [2.05, 4.69) is 9.97 Å². The Morgan fingerprint density at radius 3 is 2.20 bits per heavy atom. The van der Waals surface area contributed by atoms with Gasteiger partial charge in [-0.15, -0.1) is 0 Å². The van der Waals surface area contributed by atoms with Gasteiger partial charge >= 0.3 is 6.01 Å². The molecule has 0 aliphatic heterocycles. The lowest BCUT2D eigenvalue weighted by Crippen LogP contribution is -1.90. The van der Waals surface area contributed by atoms with E-state index < -0.39 is 0 Å². The van der Waals surface area contributed by atoms with Gasteiger partial charge in [0.2, 0.25) is 0 Å². The first-order chi connectivity index (χ1) is 4.33. The van der Waals surface area contributed by atoms with Crippen molar-refractivity contribution in [2.45, 2.75) is 14.4 Å². The molecule has 1 aromatic rings. The van der Waals surface area contributed by atoms with E-state index in [4.69, 9.17) is 4.74 Å². The van der Waals surface area contributed by atoms with Gasteiger partial charge in [0.05, 0.1) is 7.11 Å². The Morgan fingerprint density at radius 2 is 1.80 bits per heavy atom. The molecule has 0 aliphatic rings. The molecule has 0 fully saturated rings. The molecule has 0 unspecified atom stereocenters. The van der Waals surface area contributed by atoms with Crippen molar-refractivity contribution in [3.8, 4) is 6.01 Å². The second kappa shape index (κ2) is 3.82. The normalized spacial score (nSPS) is 8.20. The monoisotopic (exact) mass is 140 g/mol. The number of hydrogen-bond donors (Lipinski definition) is 0. The van der Waals surface area contributed by atoms with Crippen LogP contribution in [0.1, 0.15) is 13.0 Å². The lowest BCUT2D eigenvalue weighted by atomic mass is 10.4. The Kier molecular flexibility index (Phi) is 3.39. The SMILES string of the molecule is C.COc1ncc(C)cn1. The van der Waals surface area contributed by atoms with Crippen molar-refractivity contribution in [3.63, 3.8) is 0 Å². The molecule has 0 radical (unpaired) electrons. The van der Waals surface area contributed by atoms with E-state index in [-0.39, 0.29) is 7.43 Å². The van der Waals surface area contributed by atoms with Gasteiger partial charge in [-0.05, 0) is 12.5 Å². The zero-order chi connectivity index (χ0) is 6.69. The molecule has 56 valence electrons. The molecule has 0 N–H and O–H groups in total. The molecule has 1 aromatic heterocycles. The average molecular weight is 140 g/mol. The first kappa shape index (κ1) is 8.88. The number of hydrogen-bond acceptors (Lipinski definition) is 3. The van der Waals surface area contributed by atoms with E-state index in [1.807, 2.05) is 6.92 Å². The third kappa shape index (κ3) is 2.01. The van der Waals surface area contributed by atoms with Crippen LogP contribution in [0, 0.1) is 6.92 Å². The fourth-order valence-corrected chi connectivity index (χ4v) is 0.486. The zero-order valence-electron chi connectivity index (χ0n) is 5.46. The summed E-state index contributed by atoms with van der Waals surface area (Å²) in [6.07, 6.45) is 3.43. The lowest BCUT2D eigenvalue weighted by molar-refractivity contribution is 0.379. The lowest BCUT2D eigenvalue weighted by Gasteiger charge is -1.94. The third-order valence-corrected chi connectivity index (χ3v) is 0.940. The van der Waals surface area contributed by atoms with Crippen molar-refractivity contribution in [2.24, 2.45) is 0 Å². The van der Waals surface area contributed by atoms with Crippen molar-refractivity contribution in [2.75, 3.05) is 7.11 Å². The maximum Gasteiger partial charge on any atom is 0.316 e. The second-order valence-corrected chi connectivity index (χ2v) is 1.75. The smallest absolute Gasteiger partial charge is 0.316 e. The number of ether oxygens (including phenoxy) is 1. The first-order valence-corrected chi connectivity index (χ1v) is 2.65. The predicted molar refractivity (Wildman–Crippen MR) is 40.1 cm³/mol. The largest absolute Gasteiger partial charge is 0.467 e. The van der Waals surface area contributed by atoms with Crippen LogP contribution in [-0.4, -0.2) is 17.1 Å². The van der Waals surface area contributed by atoms with Gasteiger partial charge in [0, 0.05) is 12.4 Å². The highest BCUT2D eigenvalue weighted by Crippen LogP contribution is 1.98. The highest BCUT2D eigenvalue weighted by atomic mass is 16.5. The van der Waals surface area contributed by atoms with Crippen molar-refractivity contribution < 1.29 is 4.74 Å². The molecule has 10 heavy (non-hydrogen) atoms. The molecule has 1 rings (SSSR count). The summed E-state index contributed by atoms with van der Waals surface area (Å²) in [5.41, 5.74) is 1.04. The van der Waals surface area contributed by atoms with Crippen LogP contribution in [0.3, 0.4) is 0 Å². The molecule has 3 nitrogen and oxygen atoms in total. The summed E-state index contributed by atoms with van der Waals surface area (Å²) < 4.78 is 4.75. The van der Waals surface area contributed by atoms with Crippen molar-refractivity contribution in [1.82, 2.24) is 9.97 Å².